The lowest BCUT2D eigenvalue weighted by Crippen LogP contribution is -2.25. The standard InChI is InChI=1S/C21H22ClFO4/c1-12-6-18(17(23)9-13(12)4-5-19(24)25)26-11-15-8-16(22)7-14-10-21(2,3)27-20(14)15/h6-9H,4-5,10-11H2,1-3H3,(H,24,25). The summed E-state index contributed by atoms with van der Waals surface area (Å²) in [5.74, 6) is -0.550. The van der Waals surface area contributed by atoms with Crippen molar-refractivity contribution in [2.24, 2.45) is 0 Å². The molecule has 2 aromatic carbocycles. The molecule has 0 amide bonds. The molecule has 0 bridgehead atoms. The first-order chi connectivity index (χ1) is 12.6. The van der Waals surface area contributed by atoms with Gasteiger partial charge in [-0.15, -0.1) is 0 Å². The Morgan fingerprint density at radius 2 is 2.04 bits per heavy atom. The number of rotatable bonds is 6. The van der Waals surface area contributed by atoms with E-state index >= 15 is 0 Å². The fourth-order valence-electron chi connectivity index (χ4n) is 3.33. The second-order valence-corrected chi connectivity index (χ2v) is 7.92. The molecule has 0 saturated carbocycles. The van der Waals surface area contributed by atoms with Crippen LogP contribution in [0.15, 0.2) is 24.3 Å². The number of carbonyl (C=O) groups is 1. The van der Waals surface area contributed by atoms with Crippen LogP contribution in [0.25, 0.3) is 0 Å². The number of carboxylic acids is 1. The normalized spacial score (nSPS) is 14.6. The minimum Gasteiger partial charge on any atom is -0.487 e. The van der Waals surface area contributed by atoms with E-state index in [2.05, 4.69) is 0 Å². The van der Waals surface area contributed by atoms with Gasteiger partial charge in [0.1, 0.15) is 18.0 Å². The van der Waals surface area contributed by atoms with E-state index in [0.717, 1.165) is 28.9 Å². The summed E-state index contributed by atoms with van der Waals surface area (Å²) in [5.41, 5.74) is 2.94. The number of ether oxygens (including phenoxy) is 2. The second kappa shape index (κ2) is 7.39. The third kappa shape index (κ3) is 4.53. The summed E-state index contributed by atoms with van der Waals surface area (Å²) in [5, 5.41) is 9.39. The molecule has 1 heterocycles. The predicted octanol–water partition coefficient (Wildman–Crippen LogP) is 5.10. The molecule has 2 aromatic rings. The molecule has 0 aromatic heterocycles. The highest BCUT2D eigenvalue weighted by atomic mass is 35.5. The molecule has 4 nitrogen and oxygen atoms in total. The van der Waals surface area contributed by atoms with Crippen LogP contribution >= 0.6 is 11.6 Å². The van der Waals surface area contributed by atoms with Crippen LogP contribution in [-0.4, -0.2) is 16.7 Å². The van der Waals surface area contributed by atoms with Crippen molar-refractivity contribution < 1.29 is 23.8 Å². The van der Waals surface area contributed by atoms with Crippen LogP contribution in [0, 0.1) is 12.7 Å². The van der Waals surface area contributed by atoms with Gasteiger partial charge in [0.15, 0.2) is 11.6 Å². The van der Waals surface area contributed by atoms with Crippen molar-refractivity contribution >= 4 is 17.6 Å². The van der Waals surface area contributed by atoms with Crippen molar-refractivity contribution in [3.8, 4) is 11.5 Å². The van der Waals surface area contributed by atoms with Crippen LogP contribution in [0.4, 0.5) is 4.39 Å². The van der Waals surface area contributed by atoms with Crippen LogP contribution in [0.1, 0.15) is 42.5 Å². The van der Waals surface area contributed by atoms with E-state index in [1.807, 2.05) is 26.8 Å². The lowest BCUT2D eigenvalue weighted by Gasteiger charge is -2.18. The molecule has 0 aliphatic carbocycles. The van der Waals surface area contributed by atoms with Gasteiger partial charge in [0.05, 0.1) is 0 Å². The van der Waals surface area contributed by atoms with Gasteiger partial charge < -0.3 is 14.6 Å². The Kier molecular flexibility index (Phi) is 5.33. The first-order valence-corrected chi connectivity index (χ1v) is 9.16. The molecule has 0 spiro atoms. The fraction of sp³-hybridized carbons (Fsp3) is 0.381. The molecule has 0 atom stereocenters. The van der Waals surface area contributed by atoms with Crippen LogP contribution in [0.5, 0.6) is 11.5 Å². The highest BCUT2D eigenvalue weighted by molar-refractivity contribution is 6.30. The van der Waals surface area contributed by atoms with Gasteiger partial charge in [0.25, 0.3) is 0 Å². The first-order valence-electron chi connectivity index (χ1n) is 8.78. The second-order valence-electron chi connectivity index (χ2n) is 7.48. The lowest BCUT2D eigenvalue weighted by molar-refractivity contribution is -0.136. The van der Waals surface area contributed by atoms with Gasteiger partial charge in [-0.25, -0.2) is 4.39 Å². The molecule has 1 N–H and O–H groups in total. The van der Waals surface area contributed by atoms with Gasteiger partial charge in [-0.05, 0) is 68.1 Å². The number of fused-ring (bicyclic) bond motifs is 1. The quantitative estimate of drug-likeness (QED) is 0.743. The molecule has 0 saturated heterocycles. The molecule has 1 aliphatic rings. The Hall–Kier alpha value is -2.27. The molecule has 0 radical (unpaired) electrons. The van der Waals surface area contributed by atoms with Gasteiger partial charge in [-0.1, -0.05) is 11.6 Å². The Morgan fingerprint density at radius 3 is 2.74 bits per heavy atom. The molecule has 27 heavy (non-hydrogen) atoms. The van der Waals surface area contributed by atoms with E-state index in [1.165, 1.54) is 6.07 Å². The Labute approximate surface area is 162 Å². The highest BCUT2D eigenvalue weighted by Gasteiger charge is 2.32. The lowest BCUT2D eigenvalue weighted by atomic mass is 10.0. The Balaban J connectivity index is 1.78. The average Bonchev–Trinajstić information content (AvgIpc) is 2.87. The monoisotopic (exact) mass is 392 g/mol. The summed E-state index contributed by atoms with van der Waals surface area (Å²) in [7, 11) is 0. The van der Waals surface area contributed by atoms with Gasteiger partial charge in [-0.2, -0.15) is 0 Å². The molecular formula is C21H22ClFO4. The first kappa shape index (κ1) is 19.5. The van der Waals surface area contributed by atoms with Crippen molar-refractivity contribution in [3.63, 3.8) is 0 Å². The van der Waals surface area contributed by atoms with E-state index in [-0.39, 0.29) is 30.8 Å². The maximum Gasteiger partial charge on any atom is 0.303 e. The maximum absolute atomic E-state index is 14.4. The van der Waals surface area contributed by atoms with E-state index in [0.29, 0.717) is 10.6 Å². The zero-order valence-corrected chi connectivity index (χ0v) is 16.3. The smallest absolute Gasteiger partial charge is 0.303 e. The van der Waals surface area contributed by atoms with E-state index < -0.39 is 11.8 Å². The largest absolute Gasteiger partial charge is 0.487 e. The molecular weight excluding hydrogens is 371 g/mol. The van der Waals surface area contributed by atoms with Crippen molar-refractivity contribution in [1.29, 1.82) is 0 Å². The SMILES string of the molecule is Cc1cc(OCc2cc(Cl)cc3c2OC(C)(C)C3)c(F)cc1CCC(=O)O. The van der Waals surface area contributed by atoms with Crippen LogP contribution in [-0.2, 0) is 24.2 Å². The summed E-state index contributed by atoms with van der Waals surface area (Å²) in [6.45, 7) is 5.95. The van der Waals surface area contributed by atoms with Gasteiger partial charge in [-0.3, -0.25) is 4.79 Å². The molecule has 0 unspecified atom stereocenters. The summed E-state index contributed by atoms with van der Waals surface area (Å²) in [4.78, 5) is 10.7. The number of aryl methyl sites for hydroxylation is 2. The van der Waals surface area contributed by atoms with Crippen LogP contribution in [0.3, 0.4) is 0 Å². The summed E-state index contributed by atoms with van der Waals surface area (Å²) < 4.78 is 26.1. The van der Waals surface area contributed by atoms with Crippen molar-refractivity contribution in [2.45, 2.75) is 52.2 Å². The number of benzene rings is 2. The topological polar surface area (TPSA) is 55.8 Å². The van der Waals surface area contributed by atoms with Gasteiger partial charge >= 0.3 is 5.97 Å². The van der Waals surface area contributed by atoms with Gasteiger partial charge in [0.2, 0.25) is 0 Å². The van der Waals surface area contributed by atoms with E-state index in [1.54, 1.807) is 12.1 Å². The minimum absolute atomic E-state index is 0.0394. The third-order valence-corrected chi connectivity index (χ3v) is 4.80. The van der Waals surface area contributed by atoms with Crippen molar-refractivity contribution in [3.05, 3.63) is 57.4 Å². The fourth-order valence-corrected chi connectivity index (χ4v) is 3.59. The number of halogens is 2. The summed E-state index contributed by atoms with van der Waals surface area (Å²) in [6.07, 6.45) is 0.993. The number of carboxylic acid groups (broad SMARTS) is 1. The zero-order valence-electron chi connectivity index (χ0n) is 15.6. The van der Waals surface area contributed by atoms with Crippen molar-refractivity contribution in [2.75, 3.05) is 0 Å². The molecule has 0 fully saturated rings. The maximum atomic E-state index is 14.4. The van der Waals surface area contributed by atoms with Crippen molar-refractivity contribution in [1.82, 2.24) is 0 Å². The van der Waals surface area contributed by atoms with E-state index in [4.69, 9.17) is 26.2 Å². The van der Waals surface area contributed by atoms with E-state index in [9.17, 15) is 9.18 Å². The Bertz CT molecular complexity index is 892. The number of hydrogen-bond donors (Lipinski definition) is 1. The zero-order chi connectivity index (χ0) is 19.8. The number of hydrogen-bond acceptors (Lipinski definition) is 3. The van der Waals surface area contributed by atoms with Gasteiger partial charge in [0, 0.05) is 23.4 Å². The number of aliphatic carboxylic acids is 1. The van der Waals surface area contributed by atoms with Crippen LogP contribution < -0.4 is 9.47 Å². The highest BCUT2D eigenvalue weighted by Crippen LogP contribution is 2.40. The predicted molar refractivity (Wildman–Crippen MR) is 101 cm³/mol. The third-order valence-electron chi connectivity index (χ3n) is 4.58. The Morgan fingerprint density at radius 1 is 1.30 bits per heavy atom. The van der Waals surface area contributed by atoms with Crippen LogP contribution in [0.2, 0.25) is 5.02 Å². The molecule has 3 rings (SSSR count). The summed E-state index contributed by atoms with van der Waals surface area (Å²) >= 11 is 6.21. The molecule has 1 aliphatic heterocycles. The minimum atomic E-state index is -0.909. The molecule has 144 valence electrons. The molecule has 6 heteroatoms. The summed E-state index contributed by atoms with van der Waals surface area (Å²) in [6, 6.07) is 6.60. The average molecular weight is 393 g/mol.